The Labute approximate surface area is 113 Å². The van der Waals surface area contributed by atoms with E-state index in [1.165, 1.54) is 6.07 Å². The molecule has 0 saturated carbocycles. The van der Waals surface area contributed by atoms with Crippen molar-refractivity contribution >= 4 is 5.69 Å². The Hall–Kier alpha value is -2.03. The Kier molecular flexibility index (Phi) is 3.74. The van der Waals surface area contributed by atoms with Gasteiger partial charge in [0.05, 0.1) is 0 Å². The number of ether oxygens (including phenoxy) is 1. The van der Waals surface area contributed by atoms with Crippen molar-refractivity contribution in [3.05, 3.63) is 58.4 Å². The van der Waals surface area contributed by atoms with E-state index in [0.717, 1.165) is 22.3 Å². The second-order valence-corrected chi connectivity index (χ2v) is 4.86. The first kappa shape index (κ1) is 13.4. The molecule has 0 aliphatic carbocycles. The van der Waals surface area contributed by atoms with Crippen molar-refractivity contribution < 1.29 is 9.13 Å². The molecule has 2 aromatic rings. The molecule has 2 rings (SSSR count). The van der Waals surface area contributed by atoms with Crippen molar-refractivity contribution in [1.29, 1.82) is 0 Å². The first-order chi connectivity index (χ1) is 8.97. The van der Waals surface area contributed by atoms with Gasteiger partial charge >= 0.3 is 0 Å². The monoisotopic (exact) mass is 259 g/mol. The first-order valence-corrected chi connectivity index (χ1v) is 6.22. The number of nitrogens with two attached hydrogens (primary N) is 1. The van der Waals surface area contributed by atoms with Crippen molar-refractivity contribution in [2.75, 3.05) is 5.73 Å². The average molecular weight is 259 g/mol. The summed E-state index contributed by atoms with van der Waals surface area (Å²) in [6, 6.07) is 9.08. The summed E-state index contributed by atoms with van der Waals surface area (Å²) in [5, 5.41) is 0. The van der Waals surface area contributed by atoms with Crippen molar-refractivity contribution in [3.8, 4) is 5.75 Å². The standard InChI is InChI=1S/C16H18FNO/c1-10-4-5-11(2)13(6-10)9-19-16-7-12(3)15(18)8-14(16)17/h4-8H,9,18H2,1-3H3. The van der Waals surface area contributed by atoms with Crippen LogP contribution in [0.3, 0.4) is 0 Å². The van der Waals surface area contributed by atoms with Crippen LogP contribution in [0.4, 0.5) is 10.1 Å². The minimum absolute atomic E-state index is 0.243. The number of nitrogen functional groups attached to an aromatic ring is 1. The van der Waals surface area contributed by atoms with Crippen LogP contribution in [0.25, 0.3) is 0 Å². The summed E-state index contributed by atoms with van der Waals surface area (Å²) < 4.78 is 19.3. The zero-order chi connectivity index (χ0) is 14.0. The second-order valence-electron chi connectivity index (χ2n) is 4.86. The summed E-state index contributed by atoms with van der Waals surface area (Å²) in [5.41, 5.74) is 10.3. The van der Waals surface area contributed by atoms with Gasteiger partial charge in [-0.3, -0.25) is 0 Å². The van der Waals surface area contributed by atoms with Crippen LogP contribution in [0.1, 0.15) is 22.3 Å². The molecule has 0 bridgehead atoms. The van der Waals surface area contributed by atoms with Crippen LogP contribution >= 0.6 is 0 Å². The molecule has 3 heteroatoms. The van der Waals surface area contributed by atoms with E-state index in [0.29, 0.717) is 12.3 Å². The third-order valence-electron chi connectivity index (χ3n) is 3.21. The lowest BCUT2D eigenvalue weighted by molar-refractivity contribution is 0.289. The molecular weight excluding hydrogens is 241 g/mol. The van der Waals surface area contributed by atoms with Gasteiger partial charge < -0.3 is 10.5 Å². The van der Waals surface area contributed by atoms with Crippen LogP contribution in [0, 0.1) is 26.6 Å². The molecule has 100 valence electrons. The first-order valence-electron chi connectivity index (χ1n) is 6.22. The van der Waals surface area contributed by atoms with Gasteiger partial charge in [0.2, 0.25) is 0 Å². The van der Waals surface area contributed by atoms with E-state index >= 15 is 0 Å². The molecule has 0 unspecified atom stereocenters. The maximum absolute atomic E-state index is 13.7. The Balaban J connectivity index is 2.19. The van der Waals surface area contributed by atoms with E-state index in [9.17, 15) is 4.39 Å². The fourth-order valence-corrected chi connectivity index (χ4v) is 1.89. The SMILES string of the molecule is Cc1ccc(C)c(COc2cc(C)c(N)cc2F)c1. The minimum atomic E-state index is -0.423. The summed E-state index contributed by atoms with van der Waals surface area (Å²) in [5.74, 6) is -0.180. The normalized spacial score (nSPS) is 10.5. The fourth-order valence-electron chi connectivity index (χ4n) is 1.89. The predicted octanol–water partition coefficient (Wildman–Crippen LogP) is 3.91. The number of benzene rings is 2. The molecule has 2 N–H and O–H groups in total. The molecule has 0 heterocycles. The molecule has 0 aliphatic rings. The molecule has 0 aromatic heterocycles. The number of rotatable bonds is 3. The number of halogens is 1. The number of hydrogen-bond acceptors (Lipinski definition) is 2. The summed E-state index contributed by atoms with van der Waals surface area (Å²) >= 11 is 0. The third-order valence-corrected chi connectivity index (χ3v) is 3.21. The van der Waals surface area contributed by atoms with E-state index < -0.39 is 5.82 Å². The topological polar surface area (TPSA) is 35.2 Å². The van der Waals surface area contributed by atoms with Crippen LogP contribution in [0.15, 0.2) is 30.3 Å². The Morgan fingerprint density at radius 2 is 1.79 bits per heavy atom. The van der Waals surface area contributed by atoms with Crippen molar-refractivity contribution in [3.63, 3.8) is 0 Å². The number of anilines is 1. The third kappa shape index (κ3) is 3.05. The van der Waals surface area contributed by atoms with Gasteiger partial charge in [-0.2, -0.15) is 0 Å². The zero-order valence-electron chi connectivity index (χ0n) is 11.5. The molecule has 2 aromatic carbocycles. The molecule has 19 heavy (non-hydrogen) atoms. The Morgan fingerprint density at radius 1 is 1.05 bits per heavy atom. The highest BCUT2D eigenvalue weighted by atomic mass is 19.1. The van der Waals surface area contributed by atoms with Gasteiger partial charge in [0, 0.05) is 11.8 Å². The van der Waals surface area contributed by atoms with Gasteiger partial charge in [0.1, 0.15) is 6.61 Å². The highest BCUT2D eigenvalue weighted by Crippen LogP contribution is 2.24. The Morgan fingerprint density at radius 3 is 2.53 bits per heavy atom. The van der Waals surface area contributed by atoms with Crippen molar-refractivity contribution in [2.45, 2.75) is 27.4 Å². The van der Waals surface area contributed by atoms with Crippen LogP contribution < -0.4 is 10.5 Å². The van der Waals surface area contributed by atoms with E-state index in [1.54, 1.807) is 6.07 Å². The van der Waals surface area contributed by atoms with E-state index in [-0.39, 0.29) is 5.75 Å². The fraction of sp³-hybridized carbons (Fsp3) is 0.250. The quantitative estimate of drug-likeness (QED) is 0.848. The molecule has 0 spiro atoms. The summed E-state index contributed by atoms with van der Waals surface area (Å²) in [4.78, 5) is 0. The van der Waals surface area contributed by atoms with Gasteiger partial charge in [-0.25, -0.2) is 4.39 Å². The molecule has 0 atom stereocenters. The molecule has 0 radical (unpaired) electrons. The van der Waals surface area contributed by atoms with Crippen LogP contribution in [-0.2, 0) is 6.61 Å². The minimum Gasteiger partial charge on any atom is -0.486 e. The van der Waals surface area contributed by atoms with Crippen LogP contribution in [0.2, 0.25) is 0 Å². The predicted molar refractivity (Wildman–Crippen MR) is 75.8 cm³/mol. The smallest absolute Gasteiger partial charge is 0.167 e. The number of aryl methyl sites for hydroxylation is 3. The van der Waals surface area contributed by atoms with E-state index in [2.05, 4.69) is 6.07 Å². The molecule has 0 saturated heterocycles. The van der Waals surface area contributed by atoms with Crippen molar-refractivity contribution in [1.82, 2.24) is 0 Å². The van der Waals surface area contributed by atoms with Gasteiger partial charge in [-0.05, 0) is 43.5 Å². The maximum Gasteiger partial charge on any atom is 0.167 e. The lowest BCUT2D eigenvalue weighted by Crippen LogP contribution is -2.01. The van der Waals surface area contributed by atoms with Gasteiger partial charge in [0.25, 0.3) is 0 Å². The largest absolute Gasteiger partial charge is 0.486 e. The van der Waals surface area contributed by atoms with Gasteiger partial charge in [-0.1, -0.05) is 23.8 Å². The van der Waals surface area contributed by atoms with Crippen molar-refractivity contribution in [2.24, 2.45) is 0 Å². The maximum atomic E-state index is 13.7. The number of hydrogen-bond donors (Lipinski definition) is 1. The average Bonchev–Trinajstić information content (AvgIpc) is 2.36. The lowest BCUT2D eigenvalue weighted by Gasteiger charge is -2.11. The molecular formula is C16H18FNO. The molecule has 2 nitrogen and oxygen atoms in total. The van der Waals surface area contributed by atoms with E-state index in [1.807, 2.05) is 32.9 Å². The zero-order valence-corrected chi connectivity index (χ0v) is 11.5. The summed E-state index contributed by atoms with van der Waals surface area (Å²) in [7, 11) is 0. The highest BCUT2D eigenvalue weighted by molar-refractivity contribution is 5.50. The highest BCUT2D eigenvalue weighted by Gasteiger charge is 2.08. The molecule has 0 fully saturated rings. The molecule has 0 aliphatic heterocycles. The van der Waals surface area contributed by atoms with Gasteiger partial charge in [-0.15, -0.1) is 0 Å². The Bertz CT molecular complexity index is 608. The lowest BCUT2D eigenvalue weighted by atomic mass is 10.1. The van der Waals surface area contributed by atoms with Gasteiger partial charge in [0.15, 0.2) is 11.6 Å². The second kappa shape index (κ2) is 5.31. The summed E-state index contributed by atoms with van der Waals surface area (Å²) in [6.45, 7) is 6.23. The van der Waals surface area contributed by atoms with E-state index in [4.69, 9.17) is 10.5 Å². The van der Waals surface area contributed by atoms with Crippen LogP contribution in [0.5, 0.6) is 5.75 Å². The summed E-state index contributed by atoms with van der Waals surface area (Å²) in [6.07, 6.45) is 0. The van der Waals surface area contributed by atoms with Crippen LogP contribution in [-0.4, -0.2) is 0 Å². The molecule has 0 amide bonds.